The van der Waals surface area contributed by atoms with Crippen LogP contribution < -0.4 is 0 Å². The Hall–Kier alpha value is 0.0600. The molecule has 0 atom stereocenters. The maximum Gasteiger partial charge on any atom is -0.0566 e. The molecule has 7 heavy (non-hydrogen) atoms. The van der Waals surface area contributed by atoms with Crippen molar-refractivity contribution in [3.05, 3.63) is 0 Å². The van der Waals surface area contributed by atoms with E-state index in [1.807, 2.05) is 0 Å². The molecule has 1 heterocycles. The molecule has 0 bridgehead atoms. The van der Waals surface area contributed by atoms with Gasteiger partial charge in [0.15, 0.2) is 0 Å². The van der Waals surface area contributed by atoms with E-state index in [2.05, 4.69) is 0 Å². The summed E-state index contributed by atoms with van der Waals surface area (Å²) in [6.45, 7) is 0. The highest BCUT2D eigenvalue weighted by Crippen LogP contribution is 2.05. The van der Waals surface area contributed by atoms with Gasteiger partial charge in [-0.2, -0.15) is 0 Å². The molecule has 2 heteroatoms. The molecule has 1 rings (SSSR count). The summed E-state index contributed by atoms with van der Waals surface area (Å²) in [7, 11) is -0.190. The molecule has 0 aromatic heterocycles. The van der Waals surface area contributed by atoms with Crippen LogP contribution in [0.4, 0.5) is 0 Å². The molecule has 0 aromatic rings. The molecule has 0 spiro atoms. The van der Waals surface area contributed by atoms with Crippen LogP contribution in [0.5, 0.6) is 0 Å². The van der Waals surface area contributed by atoms with Crippen molar-refractivity contribution in [2.75, 3.05) is 11.5 Å². The first-order chi connectivity index (χ1) is 3.39. The van der Waals surface area contributed by atoms with E-state index >= 15 is 0 Å². The van der Waals surface area contributed by atoms with Crippen LogP contribution in [0.1, 0.15) is 19.3 Å². The second-order valence-electron chi connectivity index (χ2n) is 1.93. The van der Waals surface area contributed by atoms with Crippen molar-refractivity contribution in [1.82, 2.24) is 0 Å². The molecule has 0 unspecified atom stereocenters. The van der Waals surface area contributed by atoms with E-state index in [9.17, 15) is 0 Å². The second kappa shape index (κ2) is 2.39. The molecule has 0 saturated carbocycles. The van der Waals surface area contributed by atoms with Crippen molar-refractivity contribution in [2.45, 2.75) is 19.3 Å². The van der Waals surface area contributed by atoms with Crippen LogP contribution >= 0.6 is 0 Å². The predicted octanol–water partition coefficient (Wildman–Crippen LogP) is 1.27. The first-order valence-electron chi connectivity index (χ1n) is 2.76. The molecule has 0 aromatic carbocycles. The highest BCUT2D eigenvalue weighted by Gasteiger charge is 1.91. The summed E-state index contributed by atoms with van der Waals surface area (Å²) >= 11 is 0. The average molecular weight is 116 g/mol. The minimum atomic E-state index is -0.190. The van der Waals surface area contributed by atoms with Crippen LogP contribution in [0.25, 0.3) is 0 Å². The van der Waals surface area contributed by atoms with E-state index in [1.165, 1.54) is 19.3 Å². The molecule has 1 aliphatic rings. The quantitative estimate of drug-likeness (QED) is 0.437. The van der Waals surface area contributed by atoms with Crippen LogP contribution in [-0.2, 0) is 10.5 Å². The summed E-state index contributed by atoms with van der Waals surface area (Å²) in [5.41, 5.74) is 0. The fourth-order valence-electron chi connectivity index (χ4n) is 0.816. The molecule has 0 aliphatic carbocycles. The molecule has 42 valence electrons. The Kier molecular flexibility index (Phi) is 1.77. The van der Waals surface area contributed by atoms with Crippen molar-refractivity contribution in [2.24, 2.45) is 0 Å². The van der Waals surface area contributed by atoms with Crippen LogP contribution in [0.2, 0.25) is 0 Å². The zero-order valence-electron chi connectivity index (χ0n) is 4.39. The summed E-state index contributed by atoms with van der Waals surface area (Å²) in [5.74, 6) is 2.14. The van der Waals surface area contributed by atoms with Crippen LogP contribution in [0, 0.1) is 4.61 Å². The van der Waals surface area contributed by atoms with E-state index in [4.69, 9.17) is 4.61 Å². The lowest BCUT2D eigenvalue weighted by Crippen LogP contribution is -2.05. The van der Waals surface area contributed by atoms with Gasteiger partial charge in [-0.3, -0.25) is 0 Å². The van der Waals surface area contributed by atoms with Gasteiger partial charge in [0.05, 0.1) is 0 Å². The standard InChI is InChI=1S/C5H10NS/c6-7-4-2-1-3-5-7/h1-5H2/q-1. The van der Waals surface area contributed by atoms with E-state index in [0.717, 1.165) is 11.5 Å². The van der Waals surface area contributed by atoms with Crippen LogP contribution in [0.15, 0.2) is 0 Å². The first-order valence-corrected chi connectivity index (χ1v) is 4.28. The van der Waals surface area contributed by atoms with E-state index in [-0.39, 0.29) is 10.5 Å². The summed E-state index contributed by atoms with van der Waals surface area (Å²) < 4.78 is 8.94. The van der Waals surface area contributed by atoms with Gasteiger partial charge in [-0.25, -0.2) is 0 Å². The maximum absolute atomic E-state index is 8.94. The van der Waals surface area contributed by atoms with Gasteiger partial charge in [-0.15, -0.1) is 11.5 Å². The maximum atomic E-state index is 8.94. The largest absolute Gasteiger partial charge is 0.430 e. The third-order valence-electron chi connectivity index (χ3n) is 1.26. The normalized spacial score (nSPS) is 25.0. The monoisotopic (exact) mass is 116 g/mol. The Balaban J connectivity index is 2.30. The Morgan fingerprint density at radius 3 is 1.86 bits per heavy atom. The van der Waals surface area contributed by atoms with Crippen molar-refractivity contribution in [1.29, 1.82) is 4.61 Å². The fraction of sp³-hybridized carbons (Fsp3) is 1.00. The second-order valence-corrected chi connectivity index (χ2v) is 3.67. The number of rotatable bonds is 0. The minimum absolute atomic E-state index is 0.190. The molecule has 1 aliphatic heterocycles. The zero-order valence-corrected chi connectivity index (χ0v) is 5.21. The van der Waals surface area contributed by atoms with Gasteiger partial charge >= 0.3 is 0 Å². The average Bonchev–Trinajstić information content (AvgIpc) is 1.69. The van der Waals surface area contributed by atoms with Crippen molar-refractivity contribution < 1.29 is 0 Å². The molecule has 0 amide bonds. The Bertz CT molecular complexity index is 101. The van der Waals surface area contributed by atoms with E-state index in [1.54, 1.807) is 0 Å². The SMILES string of the molecule is N#[S-]1CCCCC1. The zero-order chi connectivity index (χ0) is 5.11. The molecular formula is C5H10NS-. The molecule has 0 N–H and O–H groups in total. The van der Waals surface area contributed by atoms with Crippen LogP contribution in [0.3, 0.4) is 0 Å². The Morgan fingerprint density at radius 1 is 1.00 bits per heavy atom. The summed E-state index contributed by atoms with van der Waals surface area (Å²) in [6.07, 6.45) is 3.84. The number of hydrogen-bond donors (Lipinski definition) is 0. The van der Waals surface area contributed by atoms with E-state index < -0.39 is 0 Å². The Labute approximate surface area is 46.7 Å². The Morgan fingerprint density at radius 2 is 1.57 bits per heavy atom. The van der Waals surface area contributed by atoms with Gasteiger partial charge in [0.2, 0.25) is 0 Å². The summed E-state index contributed by atoms with van der Waals surface area (Å²) in [4.78, 5) is 0. The lowest BCUT2D eigenvalue weighted by molar-refractivity contribution is 0.760. The third kappa shape index (κ3) is 1.54. The first kappa shape index (κ1) is 5.20. The lowest BCUT2D eigenvalue weighted by Gasteiger charge is -2.17. The third-order valence-corrected chi connectivity index (χ3v) is 2.78. The molecule has 1 saturated heterocycles. The van der Waals surface area contributed by atoms with E-state index in [0.29, 0.717) is 0 Å². The number of hydrogen-bond acceptors (Lipinski definition) is 2. The topological polar surface area (TPSA) is 23.8 Å². The van der Waals surface area contributed by atoms with Crippen molar-refractivity contribution >= 4 is 10.5 Å². The fourth-order valence-corrected chi connectivity index (χ4v) is 2.10. The van der Waals surface area contributed by atoms with Crippen molar-refractivity contribution in [3.63, 3.8) is 0 Å². The van der Waals surface area contributed by atoms with Gasteiger partial charge in [0.1, 0.15) is 0 Å². The molecule has 1 fully saturated rings. The van der Waals surface area contributed by atoms with Crippen molar-refractivity contribution in [3.8, 4) is 0 Å². The summed E-state index contributed by atoms with van der Waals surface area (Å²) in [5, 5.41) is 0. The molecule has 0 radical (unpaired) electrons. The van der Waals surface area contributed by atoms with Gasteiger partial charge in [-0.1, -0.05) is 19.3 Å². The highest BCUT2D eigenvalue weighted by atomic mass is 32.2. The van der Waals surface area contributed by atoms with Gasteiger partial charge in [-0.05, 0) is 0 Å². The minimum Gasteiger partial charge on any atom is -0.430 e. The van der Waals surface area contributed by atoms with Crippen LogP contribution in [-0.4, -0.2) is 11.5 Å². The van der Waals surface area contributed by atoms with Gasteiger partial charge < -0.3 is 15.1 Å². The molecular weight excluding hydrogens is 106 g/mol. The molecule has 1 nitrogen and oxygen atoms in total. The van der Waals surface area contributed by atoms with Gasteiger partial charge in [0.25, 0.3) is 0 Å². The summed E-state index contributed by atoms with van der Waals surface area (Å²) in [6, 6.07) is 0. The highest BCUT2D eigenvalue weighted by molar-refractivity contribution is 7.83. The lowest BCUT2D eigenvalue weighted by atomic mass is 10.3. The number of nitrogens with zero attached hydrogens (tertiary/aromatic N) is 1. The predicted molar refractivity (Wildman–Crippen MR) is 32.7 cm³/mol. The smallest absolute Gasteiger partial charge is 0.0566 e. The van der Waals surface area contributed by atoms with Gasteiger partial charge in [0, 0.05) is 0 Å².